The van der Waals surface area contributed by atoms with Crippen molar-refractivity contribution in [3.63, 3.8) is 0 Å². The number of aromatic nitrogens is 2. The smallest absolute Gasteiger partial charge is 0.124 e. The first-order valence-corrected chi connectivity index (χ1v) is 7.14. The van der Waals surface area contributed by atoms with Gasteiger partial charge in [0.25, 0.3) is 0 Å². The maximum absolute atomic E-state index is 8.95. The highest BCUT2D eigenvalue weighted by Crippen LogP contribution is 2.23. The summed E-state index contributed by atoms with van der Waals surface area (Å²) in [7, 11) is 0. The number of rotatable bonds is 6. The number of imidazole rings is 1. The van der Waals surface area contributed by atoms with E-state index in [1.165, 1.54) is 0 Å². The van der Waals surface area contributed by atoms with Crippen molar-refractivity contribution >= 4 is 11.0 Å². The first-order chi connectivity index (χ1) is 9.65. The van der Waals surface area contributed by atoms with Crippen LogP contribution in [0.25, 0.3) is 11.0 Å². The standard InChI is InChI=1S/C16H21N3O/c1-4-9-20-13-5-6-15-14(10-13)18-16(7-8-17)19(15)11-12(2)3/h5-6,10,12H,4,7,9,11H2,1-3H3. The van der Waals surface area contributed by atoms with Crippen molar-refractivity contribution in [2.24, 2.45) is 5.92 Å². The lowest BCUT2D eigenvalue weighted by Crippen LogP contribution is -2.08. The van der Waals surface area contributed by atoms with Crippen LogP contribution < -0.4 is 4.74 Å². The zero-order valence-electron chi connectivity index (χ0n) is 12.4. The van der Waals surface area contributed by atoms with Crippen molar-refractivity contribution < 1.29 is 4.74 Å². The fourth-order valence-electron chi connectivity index (χ4n) is 2.24. The highest BCUT2D eigenvalue weighted by molar-refractivity contribution is 5.78. The summed E-state index contributed by atoms with van der Waals surface area (Å²) in [6.45, 7) is 8.01. The molecule has 2 rings (SSSR count). The summed E-state index contributed by atoms with van der Waals surface area (Å²) in [5.41, 5.74) is 1.98. The molecule has 0 N–H and O–H groups in total. The highest BCUT2D eigenvalue weighted by Gasteiger charge is 2.12. The number of fused-ring (bicyclic) bond motifs is 1. The Kier molecular flexibility index (Phi) is 4.62. The van der Waals surface area contributed by atoms with E-state index >= 15 is 0 Å². The topological polar surface area (TPSA) is 50.8 Å². The lowest BCUT2D eigenvalue weighted by atomic mass is 10.2. The Morgan fingerprint density at radius 3 is 2.85 bits per heavy atom. The number of nitrogens with zero attached hydrogens (tertiary/aromatic N) is 3. The van der Waals surface area contributed by atoms with Crippen LogP contribution in [-0.2, 0) is 13.0 Å². The number of ether oxygens (including phenoxy) is 1. The molecule has 0 atom stereocenters. The van der Waals surface area contributed by atoms with Crippen molar-refractivity contribution in [3.8, 4) is 11.8 Å². The van der Waals surface area contributed by atoms with E-state index in [9.17, 15) is 0 Å². The fourth-order valence-corrected chi connectivity index (χ4v) is 2.24. The molecule has 1 heterocycles. The molecule has 0 aliphatic rings. The zero-order chi connectivity index (χ0) is 14.5. The fraction of sp³-hybridized carbons (Fsp3) is 0.500. The van der Waals surface area contributed by atoms with Gasteiger partial charge in [-0.25, -0.2) is 4.98 Å². The summed E-state index contributed by atoms with van der Waals surface area (Å²) in [5, 5.41) is 8.95. The van der Waals surface area contributed by atoms with Crippen molar-refractivity contribution in [3.05, 3.63) is 24.0 Å². The van der Waals surface area contributed by atoms with Gasteiger partial charge < -0.3 is 9.30 Å². The van der Waals surface area contributed by atoms with E-state index in [0.717, 1.165) is 35.6 Å². The molecule has 4 heteroatoms. The van der Waals surface area contributed by atoms with E-state index in [4.69, 9.17) is 10.00 Å². The van der Waals surface area contributed by atoms with Gasteiger partial charge in [-0.15, -0.1) is 0 Å². The van der Waals surface area contributed by atoms with Crippen LogP contribution in [0.15, 0.2) is 18.2 Å². The molecule has 4 nitrogen and oxygen atoms in total. The van der Waals surface area contributed by atoms with Crippen LogP contribution in [0.1, 0.15) is 33.0 Å². The van der Waals surface area contributed by atoms with Gasteiger partial charge in [0.15, 0.2) is 0 Å². The summed E-state index contributed by atoms with van der Waals surface area (Å²) in [5.74, 6) is 2.20. The molecule has 0 saturated carbocycles. The predicted molar refractivity (Wildman–Crippen MR) is 79.7 cm³/mol. The normalized spacial score (nSPS) is 10.9. The van der Waals surface area contributed by atoms with Gasteiger partial charge in [0.2, 0.25) is 0 Å². The molecule has 20 heavy (non-hydrogen) atoms. The summed E-state index contributed by atoms with van der Waals surface area (Å²) >= 11 is 0. The van der Waals surface area contributed by atoms with Gasteiger partial charge in [-0.3, -0.25) is 0 Å². The Balaban J connectivity index is 2.42. The first kappa shape index (κ1) is 14.4. The molecular formula is C16H21N3O. The molecule has 1 aromatic heterocycles. The Morgan fingerprint density at radius 1 is 1.40 bits per heavy atom. The molecule has 0 spiro atoms. The van der Waals surface area contributed by atoms with E-state index in [1.807, 2.05) is 18.2 Å². The number of hydrogen-bond acceptors (Lipinski definition) is 3. The van der Waals surface area contributed by atoms with E-state index < -0.39 is 0 Å². The predicted octanol–water partition coefficient (Wildman–Crippen LogP) is 3.55. The summed E-state index contributed by atoms with van der Waals surface area (Å²) in [4.78, 5) is 4.58. The van der Waals surface area contributed by atoms with Crippen molar-refractivity contribution in [2.75, 3.05) is 6.61 Å². The molecule has 1 aromatic carbocycles. The number of hydrogen-bond donors (Lipinski definition) is 0. The zero-order valence-corrected chi connectivity index (χ0v) is 12.4. The van der Waals surface area contributed by atoms with E-state index in [1.54, 1.807) is 0 Å². The van der Waals surface area contributed by atoms with Crippen molar-refractivity contribution in [1.29, 1.82) is 5.26 Å². The molecule has 2 aromatic rings. The van der Waals surface area contributed by atoms with Gasteiger partial charge in [0.05, 0.1) is 30.1 Å². The number of benzene rings is 1. The maximum Gasteiger partial charge on any atom is 0.124 e. The van der Waals surface area contributed by atoms with Gasteiger partial charge in [0.1, 0.15) is 11.6 Å². The second-order valence-electron chi connectivity index (χ2n) is 5.37. The second kappa shape index (κ2) is 6.42. The van der Waals surface area contributed by atoms with Crippen molar-refractivity contribution in [1.82, 2.24) is 9.55 Å². The minimum absolute atomic E-state index is 0.340. The van der Waals surface area contributed by atoms with Gasteiger partial charge in [-0.1, -0.05) is 20.8 Å². The van der Waals surface area contributed by atoms with Crippen LogP contribution in [0.5, 0.6) is 5.75 Å². The Bertz CT molecular complexity index is 622. The van der Waals surface area contributed by atoms with Gasteiger partial charge in [-0.05, 0) is 24.5 Å². The molecule has 0 fully saturated rings. The molecule has 0 amide bonds. The average Bonchev–Trinajstić information content (AvgIpc) is 2.74. The maximum atomic E-state index is 8.95. The highest BCUT2D eigenvalue weighted by atomic mass is 16.5. The van der Waals surface area contributed by atoms with Gasteiger partial charge >= 0.3 is 0 Å². The molecule has 0 aliphatic carbocycles. The molecule has 0 bridgehead atoms. The van der Waals surface area contributed by atoms with Gasteiger partial charge in [-0.2, -0.15) is 5.26 Å². The lowest BCUT2D eigenvalue weighted by Gasteiger charge is -2.10. The van der Waals surface area contributed by atoms with E-state index in [-0.39, 0.29) is 0 Å². The SMILES string of the molecule is CCCOc1ccc2c(c1)nc(CC#N)n2CC(C)C. The summed E-state index contributed by atoms with van der Waals surface area (Å²) in [6, 6.07) is 8.17. The van der Waals surface area contributed by atoms with Crippen LogP contribution in [0.2, 0.25) is 0 Å². The Labute approximate surface area is 120 Å². The van der Waals surface area contributed by atoms with Crippen LogP contribution in [0, 0.1) is 17.2 Å². The van der Waals surface area contributed by atoms with Crippen LogP contribution >= 0.6 is 0 Å². The summed E-state index contributed by atoms with van der Waals surface area (Å²) in [6.07, 6.45) is 1.33. The molecule has 0 unspecified atom stereocenters. The molecule has 106 valence electrons. The minimum Gasteiger partial charge on any atom is -0.494 e. The third-order valence-electron chi connectivity index (χ3n) is 3.06. The minimum atomic E-state index is 0.340. The lowest BCUT2D eigenvalue weighted by molar-refractivity contribution is 0.318. The third kappa shape index (κ3) is 3.11. The van der Waals surface area contributed by atoms with Crippen LogP contribution in [-0.4, -0.2) is 16.2 Å². The van der Waals surface area contributed by atoms with Crippen LogP contribution in [0.4, 0.5) is 0 Å². The van der Waals surface area contributed by atoms with E-state index in [0.29, 0.717) is 18.9 Å². The first-order valence-electron chi connectivity index (χ1n) is 7.14. The average molecular weight is 271 g/mol. The largest absolute Gasteiger partial charge is 0.494 e. The molecule has 0 aliphatic heterocycles. The monoisotopic (exact) mass is 271 g/mol. The Hall–Kier alpha value is -2.02. The quantitative estimate of drug-likeness (QED) is 0.807. The van der Waals surface area contributed by atoms with Crippen LogP contribution in [0.3, 0.4) is 0 Å². The van der Waals surface area contributed by atoms with E-state index in [2.05, 4.69) is 36.4 Å². The molecular weight excluding hydrogens is 250 g/mol. The summed E-state index contributed by atoms with van der Waals surface area (Å²) < 4.78 is 7.78. The van der Waals surface area contributed by atoms with Gasteiger partial charge in [0, 0.05) is 12.6 Å². The van der Waals surface area contributed by atoms with Crippen molar-refractivity contribution in [2.45, 2.75) is 40.2 Å². The molecule has 0 saturated heterocycles. The third-order valence-corrected chi connectivity index (χ3v) is 3.06. The molecule has 0 radical (unpaired) electrons. The number of nitriles is 1. The second-order valence-corrected chi connectivity index (χ2v) is 5.37. The Morgan fingerprint density at radius 2 is 2.20 bits per heavy atom.